The Morgan fingerprint density at radius 3 is 1.50 bits per heavy atom. The summed E-state index contributed by atoms with van der Waals surface area (Å²) < 4.78 is 8.88. The van der Waals surface area contributed by atoms with Crippen LogP contribution in [0.25, 0.3) is 0 Å². The van der Waals surface area contributed by atoms with Crippen molar-refractivity contribution in [2.75, 3.05) is 0 Å². The topological polar surface area (TPSA) is 77.8 Å². The van der Waals surface area contributed by atoms with Gasteiger partial charge in [0.15, 0.2) is 0 Å². The Hall–Kier alpha value is 0.499. The Balaban J connectivity index is 0. The summed E-state index contributed by atoms with van der Waals surface area (Å²) in [5.74, 6) is 0. The first-order valence-electron chi connectivity index (χ1n) is 1.56. The predicted octanol–water partition coefficient (Wildman–Crippen LogP) is -0.573. The SMILES string of the molecule is C[CH]=[Fe].O=P(O)(O)O. The molecule has 0 radical (unpaired) electrons. The molecule has 0 rings (SSSR count). The van der Waals surface area contributed by atoms with Crippen LogP contribution in [0.4, 0.5) is 0 Å². The summed E-state index contributed by atoms with van der Waals surface area (Å²) in [7, 11) is -4.64. The summed E-state index contributed by atoms with van der Waals surface area (Å²) in [6, 6.07) is 0. The van der Waals surface area contributed by atoms with Gasteiger partial charge in [0, 0.05) is 0 Å². The van der Waals surface area contributed by atoms with Gasteiger partial charge in [-0.05, 0) is 0 Å². The molecule has 0 unspecified atom stereocenters. The van der Waals surface area contributed by atoms with Crippen molar-refractivity contribution in [2.45, 2.75) is 6.92 Å². The molecule has 0 aliphatic heterocycles. The van der Waals surface area contributed by atoms with Crippen molar-refractivity contribution in [1.82, 2.24) is 0 Å². The average Bonchev–Trinajstić information content (AvgIpc) is 1.27. The Morgan fingerprint density at radius 1 is 1.50 bits per heavy atom. The molecule has 0 aliphatic carbocycles. The normalized spacial score (nSPS) is 9.12. The van der Waals surface area contributed by atoms with Gasteiger partial charge in [0.25, 0.3) is 0 Å². The second-order valence-electron chi connectivity index (χ2n) is 0.717. The zero-order valence-electron chi connectivity index (χ0n) is 4.13. The van der Waals surface area contributed by atoms with Crippen LogP contribution < -0.4 is 0 Å². The molecule has 0 aromatic rings. The molecule has 0 atom stereocenters. The first-order valence-corrected chi connectivity index (χ1v) is 3.77. The van der Waals surface area contributed by atoms with Crippen molar-refractivity contribution < 1.29 is 34.8 Å². The fourth-order valence-corrected chi connectivity index (χ4v) is 0. The molecule has 0 saturated heterocycles. The molecule has 0 amide bonds. The van der Waals surface area contributed by atoms with Crippen molar-refractivity contribution in [2.24, 2.45) is 0 Å². The monoisotopic (exact) mass is 182 g/mol. The van der Waals surface area contributed by atoms with E-state index in [9.17, 15) is 0 Å². The van der Waals surface area contributed by atoms with Crippen molar-refractivity contribution in [3.05, 3.63) is 0 Å². The number of hydrogen-bond donors (Lipinski definition) is 3. The summed E-state index contributed by atoms with van der Waals surface area (Å²) >= 11 is 3.36. The van der Waals surface area contributed by atoms with Crippen LogP contribution in [0.2, 0.25) is 0 Å². The van der Waals surface area contributed by atoms with Gasteiger partial charge in [-0.15, -0.1) is 0 Å². The quantitative estimate of drug-likeness (QED) is 0.346. The maximum Gasteiger partial charge on any atom is 0.466 e. The molecule has 6 heteroatoms. The van der Waals surface area contributed by atoms with Crippen LogP contribution >= 0.6 is 7.82 Å². The largest absolute Gasteiger partial charge is 0.466 e. The van der Waals surface area contributed by atoms with Crippen LogP contribution in [0.15, 0.2) is 0 Å². The molecule has 4 nitrogen and oxygen atoms in total. The minimum Gasteiger partial charge on any atom is -0.303 e. The summed E-state index contributed by atoms with van der Waals surface area (Å²) in [6.07, 6.45) is 0. The van der Waals surface area contributed by atoms with E-state index in [2.05, 4.69) is 15.6 Å². The molecule has 0 aromatic heterocycles. The zero-order chi connectivity index (χ0) is 7.21. The van der Waals surface area contributed by atoms with Gasteiger partial charge in [-0.3, -0.25) is 0 Å². The third kappa shape index (κ3) is 788. The van der Waals surface area contributed by atoms with E-state index in [1.165, 1.54) is 0 Å². The zero-order valence-corrected chi connectivity index (χ0v) is 6.13. The summed E-state index contributed by atoms with van der Waals surface area (Å²) in [4.78, 5) is 23.3. The minimum atomic E-state index is -4.64. The van der Waals surface area contributed by atoms with E-state index in [0.29, 0.717) is 0 Å². The van der Waals surface area contributed by atoms with Crippen molar-refractivity contribution in [1.29, 1.82) is 0 Å². The van der Waals surface area contributed by atoms with E-state index in [1.807, 2.05) is 6.92 Å². The minimum absolute atomic E-state index is 1.75. The van der Waals surface area contributed by atoms with Crippen LogP contribution in [0.1, 0.15) is 6.92 Å². The van der Waals surface area contributed by atoms with E-state index in [-0.39, 0.29) is 0 Å². The molecule has 0 spiro atoms. The number of rotatable bonds is 0. The molecular weight excluding hydrogens is 175 g/mol. The number of phosphoric acid groups is 1. The maximum atomic E-state index is 8.88. The Kier molecular flexibility index (Phi) is 7.97. The van der Waals surface area contributed by atoms with Crippen LogP contribution in [-0.2, 0) is 20.1 Å². The molecule has 0 aliphatic rings. The van der Waals surface area contributed by atoms with Gasteiger partial charge in [0.2, 0.25) is 0 Å². The van der Waals surface area contributed by atoms with E-state index in [1.54, 1.807) is 4.92 Å². The first kappa shape index (κ1) is 11.3. The standard InChI is InChI=1S/C2H4.Fe.H3O4P/c1-2;;1-5(2,3)4/h1H,2H3;;(H3,1,2,3,4). The van der Waals surface area contributed by atoms with Crippen molar-refractivity contribution in [3.8, 4) is 0 Å². The molecular formula is C2H7FeO4P. The second kappa shape index (κ2) is 5.63. The molecule has 0 bridgehead atoms. The van der Waals surface area contributed by atoms with Gasteiger partial charge in [-0.2, -0.15) is 0 Å². The van der Waals surface area contributed by atoms with Crippen molar-refractivity contribution in [3.63, 3.8) is 0 Å². The van der Waals surface area contributed by atoms with Gasteiger partial charge in [-0.1, -0.05) is 0 Å². The van der Waals surface area contributed by atoms with E-state index >= 15 is 0 Å². The molecule has 0 heterocycles. The van der Waals surface area contributed by atoms with E-state index in [4.69, 9.17) is 19.2 Å². The van der Waals surface area contributed by atoms with E-state index < -0.39 is 7.82 Å². The molecule has 52 valence electrons. The molecule has 0 fully saturated rings. The van der Waals surface area contributed by atoms with Crippen LogP contribution in [0.3, 0.4) is 0 Å². The molecule has 0 aromatic carbocycles. The Bertz CT molecular complexity index is 87.9. The van der Waals surface area contributed by atoms with Crippen LogP contribution in [0, 0.1) is 0 Å². The smallest absolute Gasteiger partial charge is 0.303 e. The third-order valence-corrected chi connectivity index (χ3v) is 0. The summed E-state index contributed by atoms with van der Waals surface area (Å²) in [5.41, 5.74) is 0. The van der Waals surface area contributed by atoms with Crippen LogP contribution in [0.5, 0.6) is 0 Å². The van der Waals surface area contributed by atoms with Gasteiger partial charge in [0.05, 0.1) is 0 Å². The second-order valence-corrected chi connectivity index (χ2v) is 2.38. The summed E-state index contributed by atoms with van der Waals surface area (Å²) in [6.45, 7) is 1.89. The fourth-order valence-electron chi connectivity index (χ4n) is 0. The third-order valence-electron chi connectivity index (χ3n) is 0. The van der Waals surface area contributed by atoms with Crippen LogP contribution in [-0.4, -0.2) is 19.6 Å². The summed E-state index contributed by atoms with van der Waals surface area (Å²) in [5, 5.41) is 0. The van der Waals surface area contributed by atoms with Gasteiger partial charge in [-0.25, -0.2) is 4.57 Å². The van der Waals surface area contributed by atoms with Gasteiger partial charge in [0.1, 0.15) is 0 Å². The predicted molar refractivity (Wildman–Crippen MR) is 26.0 cm³/mol. The van der Waals surface area contributed by atoms with Gasteiger partial charge >= 0.3 is 35.2 Å². The first-order chi connectivity index (χ1) is 3.41. The molecule has 8 heavy (non-hydrogen) atoms. The Labute approximate surface area is 55.1 Å². The van der Waals surface area contributed by atoms with Crippen molar-refractivity contribution >= 4 is 12.7 Å². The Morgan fingerprint density at radius 2 is 1.50 bits per heavy atom. The fraction of sp³-hybridized carbons (Fsp3) is 0.500. The molecule has 3 N–H and O–H groups in total. The molecule has 0 saturated carbocycles. The van der Waals surface area contributed by atoms with Gasteiger partial charge < -0.3 is 14.7 Å². The average molecular weight is 182 g/mol. The van der Waals surface area contributed by atoms with E-state index in [0.717, 1.165) is 0 Å². The maximum absolute atomic E-state index is 8.88. The number of hydrogen-bond acceptors (Lipinski definition) is 1.